The van der Waals surface area contributed by atoms with Gasteiger partial charge in [-0.1, -0.05) is 5.16 Å². The zero-order valence-electron chi connectivity index (χ0n) is 12.3. The molecule has 1 aliphatic heterocycles. The van der Waals surface area contributed by atoms with Gasteiger partial charge in [0.05, 0.1) is 20.1 Å². The summed E-state index contributed by atoms with van der Waals surface area (Å²) < 4.78 is 15.9. The standard InChI is InChI=1S/C15H19N3O3/c1-19-12-6-5-10(8-13(12)20-2)14-17-15(21-18-14)11-4-3-7-16-9-11/h5-6,8,11,16H,3-4,7,9H2,1-2H3/t11-/m1/s1. The summed E-state index contributed by atoms with van der Waals surface area (Å²) in [4.78, 5) is 4.52. The van der Waals surface area contributed by atoms with Crippen LogP contribution in [0, 0.1) is 0 Å². The van der Waals surface area contributed by atoms with Crippen molar-refractivity contribution in [3.05, 3.63) is 24.1 Å². The molecule has 0 amide bonds. The molecule has 0 radical (unpaired) electrons. The van der Waals surface area contributed by atoms with E-state index >= 15 is 0 Å². The van der Waals surface area contributed by atoms with Gasteiger partial charge in [-0.2, -0.15) is 4.98 Å². The van der Waals surface area contributed by atoms with E-state index < -0.39 is 0 Å². The Bertz CT molecular complexity index is 606. The fourth-order valence-electron chi connectivity index (χ4n) is 2.56. The Balaban J connectivity index is 1.85. The highest BCUT2D eigenvalue weighted by atomic mass is 16.5. The lowest BCUT2D eigenvalue weighted by atomic mass is 10.00. The first-order valence-corrected chi connectivity index (χ1v) is 7.08. The summed E-state index contributed by atoms with van der Waals surface area (Å²) in [5.74, 6) is 2.92. The minimum absolute atomic E-state index is 0.306. The zero-order valence-corrected chi connectivity index (χ0v) is 12.3. The number of nitrogens with one attached hydrogen (secondary N) is 1. The van der Waals surface area contributed by atoms with Crippen LogP contribution in [0.4, 0.5) is 0 Å². The van der Waals surface area contributed by atoms with Crippen LogP contribution < -0.4 is 14.8 Å². The number of nitrogens with zero attached hydrogens (tertiary/aromatic N) is 2. The normalized spacial score (nSPS) is 18.5. The molecule has 21 heavy (non-hydrogen) atoms. The van der Waals surface area contributed by atoms with E-state index in [2.05, 4.69) is 15.5 Å². The monoisotopic (exact) mass is 289 g/mol. The van der Waals surface area contributed by atoms with Crippen LogP contribution in [-0.2, 0) is 0 Å². The molecule has 1 aromatic heterocycles. The fourth-order valence-corrected chi connectivity index (χ4v) is 2.56. The number of benzene rings is 1. The van der Waals surface area contributed by atoms with Crippen LogP contribution in [0.25, 0.3) is 11.4 Å². The van der Waals surface area contributed by atoms with Crippen LogP contribution in [0.5, 0.6) is 11.5 Å². The largest absolute Gasteiger partial charge is 0.493 e. The summed E-state index contributed by atoms with van der Waals surface area (Å²) in [6.07, 6.45) is 2.22. The van der Waals surface area contributed by atoms with Crippen LogP contribution in [0.1, 0.15) is 24.7 Å². The Kier molecular flexibility index (Phi) is 4.06. The van der Waals surface area contributed by atoms with Crippen molar-refractivity contribution in [2.75, 3.05) is 27.3 Å². The molecule has 1 atom stereocenters. The summed E-state index contributed by atoms with van der Waals surface area (Å²) in [5.41, 5.74) is 0.853. The van der Waals surface area contributed by atoms with Crippen molar-refractivity contribution < 1.29 is 14.0 Å². The second-order valence-corrected chi connectivity index (χ2v) is 5.07. The first-order chi connectivity index (χ1) is 10.3. The van der Waals surface area contributed by atoms with Crippen LogP contribution in [0.3, 0.4) is 0 Å². The van der Waals surface area contributed by atoms with Crippen LogP contribution in [-0.4, -0.2) is 37.4 Å². The Morgan fingerprint density at radius 1 is 1.24 bits per heavy atom. The maximum Gasteiger partial charge on any atom is 0.231 e. The molecule has 0 spiro atoms. The van der Waals surface area contributed by atoms with Crippen LogP contribution in [0.15, 0.2) is 22.7 Å². The minimum atomic E-state index is 0.306. The van der Waals surface area contributed by atoms with Gasteiger partial charge >= 0.3 is 0 Å². The zero-order chi connectivity index (χ0) is 14.7. The van der Waals surface area contributed by atoms with Gasteiger partial charge < -0.3 is 19.3 Å². The minimum Gasteiger partial charge on any atom is -0.493 e. The molecule has 6 heteroatoms. The summed E-state index contributed by atoms with van der Waals surface area (Å²) in [6, 6.07) is 5.59. The molecule has 0 unspecified atom stereocenters. The van der Waals surface area contributed by atoms with Crippen LogP contribution in [0.2, 0.25) is 0 Å². The average molecular weight is 289 g/mol. The first-order valence-electron chi connectivity index (χ1n) is 7.08. The summed E-state index contributed by atoms with van der Waals surface area (Å²) in [6.45, 7) is 1.96. The average Bonchev–Trinajstić information content (AvgIpc) is 3.05. The second kappa shape index (κ2) is 6.13. The summed E-state index contributed by atoms with van der Waals surface area (Å²) in [5, 5.41) is 7.43. The van der Waals surface area contributed by atoms with Gasteiger partial charge in [-0.25, -0.2) is 0 Å². The molecule has 1 fully saturated rings. The van der Waals surface area contributed by atoms with E-state index in [1.165, 1.54) is 0 Å². The summed E-state index contributed by atoms with van der Waals surface area (Å²) >= 11 is 0. The lowest BCUT2D eigenvalue weighted by Gasteiger charge is -2.18. The Hall–Kier alpha value is -2.08. The van der Waals surface area contributed by atoms with Gasteiger partial charge in [-0.3, -0.25) is 0 Å². The summed E-state index contributed by atoms with van der Waals surface area (Å²) in [7, 11) is 3.22. The molecular weight excluding hydrogens is 270 g/mol. The van der Waals surface area contributed by atoms with E-state index in [1.54, 1.807) is 14.2 Å². The number of aromatic nitrogens is 2. The van der Waals surface area contributed by atoms with Gasteiger partial charge in [0, 0.05) is 12.1 Å². The number of methoxy groups -OCH3 is 2. The Morgan fingerprint density at radius 3 is 2.81 bits per heavy atom. The van der Waals surface area contributed by atoms with Gasteiger partial charge in [0.2, 0.25) is 11.7 Å². The highest BCUT2D eigenvalue weighted by molar-refractivity contribution is 5.60. The van der Waals surface area contributed by atoms with E-state index in [1.807, 2.05) is 18.2 Å². The third-order valence-electron chi connectivity index (χ3n) is 3.73. The molecule has 1 saturated heterocycles. The van der Waals surface area contributed by atoms with Crippen molar-refractivity contribution in [1.29, 1.82) is 0 Å². The molecule has 1 aromatic carbocycles. The fraction of sp³-hybridized carbons (Fsp3) is 0.467. The van der Waals surface area contributed by atoms with Crippen molar-refractivity contribution in [2.24, 2.45) is 0 Å². The van der Waals surface area contributed by atoms with Gasteiger partial charge in [0.15, 0.2) is 11.5 Å². The number of hydrogen-bond acceptors (Lipinski definition) is 6. The van der Waals surface area contributed by atoms with E-state index in [9.17, 15) is 0 Å². The maximum atomic E-state index is 5.42. The predicted octanol–water partition coefficient (Wildman–Crippen LogP) is 2.22. The molecule has 0 saturated carbocycles. The predicted molar refractivity (Wildman–Crippen MR) is 77.7 cm³/mol. The van der Waals surface area contributed by atoms with Gasteiger partial charge in [-0.15, -0.1) is 0 Å². The molecule has 6 nitrogen and oxygen atoms in total. The van der Waals surface area contributed by atoms with E-state index in [4.69, 9.17) is 14.0 Å². The van der Waals surface area contributed by atoms with E-state index in [0.29, 0.717) is 29.1 Å². The van der Waals surface area contributed by atoms with Crippen molar-refractivity contribution in [1.82, 2.24) is 15.5 Å². The molecule has 0 bridgehead atoms. The maximum absolute atomic E-state index is 5.42. The van der Waals surface area contributed by atoms with E-state index in [0.717, 1.165) is 31.5 Å². The second-order valence-electron chi connectivity index (χ2n) is 5.07. The van der Waals surface area contributed by atoms with Crippen LogP contribution >= 0.6 is 0 Å². The van der Waals surface area contributed by atoms with Gasteiger partial charge in [-0.05, 0) is 37.6 Å². The first kappa shape index (κ1) is 13.9. The third-order valence-corrected chi connectivity index (χ3v) is 3.73. The smallest absolute Gasteiger partial charge is 0.231 e. The quantitative estimate of drug-likeness (QED) is 0.930. The highest BCUT2D eigenvalue weighted by Crippen LogP contribution is 2.32. The topological polar surface area (TPSA) is 69.4 Å². The number of piperidine rings is 1. The molecule has 0 aliphatic carbocycles. The third kappa shape index (κ3) is 2.85. The molecule has 1 N–H and O–H groups in total. The molecule has 3 rings (SSSR count). The molecule has 1 aliphatic rings. The van der Waals surface area contributed by atoms with Crippen molar-refractivity contribution in [2.45, 2.75) is 18.8 Å². The molecule has 2 aromatic rings. The SMILES string of the molecule is COc1ccc(-c2noc([C@@H]3CCCNC3)n2)cc1OC. The number of hydrogen-bond donors (Lipinski definition) is 1. The van der Waals surface area contributed by atoms with E-state index in [-0.39, 0.29) is 0 Å². The lowest BCUT2D eigenvalue weighted by Crippen LogP contribution is -2.28. The Morgan fingerprint density at radius 2 is 2.10 bits per heavy atom. The van der Waals surface area contributed by atoms with Crippen molar-refractivity contribution in [3.8, 4) is 22.9 Å². The van der Waals surface area contributed by atoms with Gasteiger partial charge in [0.25, 0.3) is 0 Å². The van der Waals surface area contributed by atoms with Crippen molar-refractivity contribution >= 4 is 0 Å². The number of rotatable bonds is 4. The highest BCUT2D eigenvalue weighted by Gasteiger charge is 2.22. The number of ether oxygens (including phenoxy) is 2. The lowest BCUT2D eigenvalue weighted by molar-refractivity contribution is 0.322. The Labute approximate surface area is 123 Å². The molecular formula is C15H19N3O3. The molecule has 112 valence electrons. The van der Waals surface area contributed by atoms with Crippen molar-refractivity contribution in [3.63, 3.8) is 0 Å². The molecule has 2 heterocycles. The van der Waals surface area contributed by atoms with Gasteiger partial charge in [0.1, 0.15) is 0 Å².